The van der Waals surface area contributed by atoms with Crippen molar-refractivity contribution >= 4 is 11.9 Å². The van der Waals surface area contributed by atoms with E-state index in [-0.39, 0.29) is 18.0 Å². The first kappa shape index (κ1) is 16.4. The number of rotatable bonds is 6. The van der Waals surface area contributed by atoms with Crippen LogP contribution in [0.2, 0.25) is 0 Å². The average Bonchev–Trinajstić information content (AvgIpc) is 2.56. The van der Waals surface area contributed by atoms with E-state index in [4.69, 9.17) is 4.74 Å². The van der Waals surface area contributed by atoms with Gasteiger partial charge in [0.05, 0.1) is 24.7 Å². The van der Waals surface area contributed by atoms with Crippen molar-refractivity contribution in [3.05, 3.63) is 63.7 Å². The molecule has 0 unspecified atom stereocenters. The highest BCUT2D eigenvalue weighted by Crippen LogP contribution is 2.28. The summed E-state index contributed by atoms with van der Waals surface area (Å²) in [6.45, 7) is 0.0639. The van der Waals surface area contributed by atoms with Gasteiger partial charge in [-0.15, -0.1) is 0 Å². The Hall–Kier alpha value is -2.93. The minimum Gasteiger partial charge on any atom is -0.504 e. The van der Waals surface area contributed by atoms with E-state index in [0.717, 1.165) is 0 Å². The second kappa shape index (κ2) is 7.37. The van der Waals surface area contributed by atoms with Gasteiger partial charge in [0.25, 0.3) is 5.69 Å². The first-order valence-corrected chi connectivity index (χ1v) is 6.81. The van der Waals surface area contributed by atoms with Crippen LogP contribution in [0, 0.1) is 10.1 Å². The van der Waals surface area contributed by atoms with E-state index in [0.29, 0.717) is 16.9 Å². The number of phenolic OH excluding ortho intramolecular Hbond substituents is 1. The molecule has 0 heterocycles. The monoisotopic (exact) mass is 316 g/mol. The highest BCUT2D eigenvalue weighted by molar-refractivity contribution is 5.84. The van der Waals surface area contributed by atoms with Gasteiger partial charge in [-0.3, -0.25) is 15.1 Å². The molecule has 0 radical (unpaired) electrons. The number of nitrogens with zero attached hydrogens (tertiary/aromatic N) is 2. The van der Waals surface area contributed by atoms with Crippen molar-refractivity contribution in [2.75, 3.05) is 13.7 Å². The molecule has 0 amide bonds. The zero-order valence-electron chi connectivity index (χ0n) is 12.4. The Balaban J connectivity index is 2.03. The van der Waals surface area contributed by atoms with Gasteiger partial charge in [0.15, 0.2) is 11.5 Å². The van der Waals surface area contributed by atoms with E-state index in [2.05, 4.69) is 4.99 Å². The number of benzene rings is 2. The lowest BCUT2D eigenvalue weighted by Gasteiger charge is -2.08. The summed E-state index contributed by atoms with van der Waals surface area (Å²) in [5.41, 5.74) is 0.966. The molecule has 0 aliphatic carbocycles. The summed E-state index contributed by atoms with van der Waals surface area (Å²) in [7, 11) is 1.45. The van der Waals surface area contributed by atoms with Crippen LogP contribution < -0.4 is 4.74 Å². The topological polar surface area (TPSA) is 105 Å². The highest BCUT2D eigenvalue weighted by Gasteiger charge is 2.10. The molecule has 0 bridgehead atoms. The summed E-state index contributed by atoms with van der Waals surface area (Å²) in [6.07, 6.45) is 0.548. The van der Waals surface area contributed by atoms with Crippen LogP contribution in [0.1, 0.15) is 17.2 Å². The van der Waals surface area contributed by atoms with Crippen LogP contribution in [-0.2, 0) is 0 Å². The number of ether oxygens (including phenoxy) is 1. The molecule has 0 aliphatic heterocycles. The molecule has 0 saturated carbocycles. The van der Waals surface area contributed by atoms with Crippen molar-refractivity contribution < 1.29 is 19.9 Å². The van der Waals surface area contributed by atoms with Gasteiger partial charge in [0.1, 0.15) is 0 Å². The zero-order valence-corrected chi connectivity index (χ0v) is 12.4. The number of non-ortho nitro benzene ring substituents is 1. The predicted octanol–water partition coefficient (Wildman–Crippen LogP) is 2.46. The summed E-state index contributed by atoms with van der Waals surface area (Å²) in [6, 6.07) is 10.6. The third-order valence-electron chi connectivity index (χ3n) is 3.25. The molecule has 2 rings (SSSR count). The lowest BCUT2D eigenvalue weighted by molar-refractivity contribution is -0.384. The molecule has 0 aliphatic rings. The number of nitro benzene ring substituents is 1. The molecule has 2 aromatic carbocycles. The van der Waals surface area contributed by atoms with Crippen LogP contribution in [0.5, 0.6) is 11.5 Å². The molecule has 23 heavy (non-hydrogen) atoms. The van der Waals surface area contributed by atoms with Crippen LogP contribution in [0.25, 0.3) is 0 Å². The maximum Gasteiger partial charge on any atom is 0.269 e. The third kappa shape index (κ3) is 4.04. The molecule has 0 aromatic heterocycles. The summed E-state index contributed by atoms with van der Waals surface area (Å²) >= 11 is 0. The SMILES string of the molecule is COc1cccc(C=NC[C@H](O)c2ccc([N+](=O)[O-])cc2)c1O. The van der Waals surface area contributed by atoms with Crippen molar-refractivity contribution in [1.29, 1.82) is 0 Å². The van der Waals surface area contributed by atoms with Gasteiger partial charge in [0.2, 0.25) is 0 Å². The van der Waals surface area contributed by atoms with E-state index in [1.807, 2.05) is 0 Å². The number of para-hydroxylation sites is 1. The lowest BCUT2D eigenvalue weighted by Crippen LogP contribution is -2.02. The van der Waals surface area contributed by atoms with E-state index in [9.17, 15) is 20.3 Å². The van der Waals surface area contributed by atoms with Gasteiger partial charge >= 0.3 is 0 Å². The van der Waals surface area contributed by atoms with Gasteiger partial charge in [-0.2, -0.15) is 0 Å². The quantitative estimate of drug-likeness (QED) is 0.484. The van der Waals surface area contributed by atoms with Gasteiger partial charge in [-0.05, 0) is 29.8 Å². The molecule has 7 nitrogen and oxygen atoms in total. The molecular weight excluding hydrogens is 300 g/mol. The molecular formula is C16H16N2O5. The number of hydrogen-bond acceptors (Lipinski definition) is 6. The van der Waals surface area contributed by atoms with Crippen molar-refractivity contribution in [3.8, 4) is 11.5 Å². The minimum absolute atomic E-state index is 0.0245. The summed E-state index contributed by atoms with van der Waals surface area (Å²) in [5, 5.41) is 30.5. The number of phenols is 1. The van der Waals surface area contributed by atoms with Crippen LogP contribution >= 0.6 is 0 Å². The Bertz CT molecular complexity index is 713. The fourth-order valence-electron chi connectivity index (χ4n) is 1.98. The first-order chi connectivity index (χ1) is 11.0. The van der Waals surface area contributed by atoms with E-state index in [1.165, 1.54) is 37.6 Å². The fourth-order valence-corrected chi connectivity index (χ4v) is 1.98. The summed E-state index contributed by atoms with van der Waals surface area (Å²) in [5.74, 6) is 0.313. The Morgan fingerprint density at radius 1 is 1.30 bits per heavy atom. The number of methoxy groups -OCH3 is 1. The van der Waals surface area contributed by atoms with Gasteiger partial charge < -0.3 is 14.9 Å². The van der Waals surface area contributed by atoms with Gasteiger partial charge in [0, 0.05) is 23.9 Å². The highest BCUT2D eigenvalue weighted by atomic mass is 16.6. The number of hydrogen-bond donors (Lipinski definition) is 2. The maximum atomic E-state index is 10.6. The number of aliphatic imine (C=N–C) groups is 1. The van der Waals surface area contributed by atoms with Crippen molar-refractivity contribution in [2.45, 2.75) is 6.10 Å². The van der Waals surface area contributed by atoms with E-state index < -0.39 is 11.0 Å². The van der Waals surface area contributed by atoms with Crippen molar-refractivity contribution in [2.24, 2.45) is 4.99 Å². The fraction of sp³-hybridized carbons (Fsp3) is 0.188. The molecule has 120 valence electrons. The maximum absolute atomic E-state index is 10.6. The van der Waals surface area contributed by atoms with E-state index >= 15 is 0 Å². The van der Waals surface area contributed by atoms with E-state index in [1.54, 1.807) is 18.2 Å². The van der Waals surface area contributed by atoms with Gasteiger partial charge in [-0.25, -0.2) is 0 Å². The molecule has 7 heteroatoms. The first-order valence-electron chi connectivity index (χ1n) is 6.81. The average molecular weight is 316 g/mol. The second-order valence-electron chi connectivity index (χ2n) is 4.76. The lowest BCUT2D eigenvalue weighted by atomic mass is 10.1. The molecule has 0 fully saturated rings. The summed E-state index contributed by atoms with van der Waals surface area (Å²) < 4.78 is 5.00. The largest absolute Gasteiger partial charge is 0.504 e. The Labute approximate surface area is 132 Å². The number of nitro groups is 1. The molecule has 0 saturated heterocycles. The smallest absolute Gasteiger partial charge is 0.269 e. The van der Waals surface area contributed by atoms with Crippen LogP contribution in [-0.4, -0.2) is 35.0 Å². The Morgan fingerprint density at radius 2 is 2.00 bits per heavy atom. The Kier molecular flexibility index (Phi) is 5.27. The van der Waals surface area contributed by atoms with Crippen LogP contribution in [0.15, 0.2) is 47.5 Å². The van der Waals surface area contributed by atoms with Crippen LogP contribution in [0.3, 0.4) is 0 Å². The van der Waals surface area contributed by atoms with Crippen molar-refractivity contribution in [3.63, 3.8) is 0 Å². The predicted molar refractivity (Wildman–Crippen MR) is 85.2 cm³/mol. The normalized spacial score (nSPS) is 12.3. The molecule has 0 spiro atoms. The molecule has 2 aromatic rings. The molecule has 1 atom stereocenters. The zero-order chi connectivity index (χ0) is 16.8. The van der Waals surface area contributed by atoms with Gasteiger partial charge in [-0.1, -0.05) is 6.07 Å². The second-order valence-corrected chi connectivity index (χ2v) is 4.76. The number of aromatic hydroxyl groups is 1. The number of aliphatic hydroxyl groups is 1. The Morgan fingerprint density at radius 3 is 2.61 bits per heavy atom. The number of aliphatic hydroxyl groups excluding tert-OH is 1. The summed E-state index contributed by atoms with van der Waals surface area (Å²) in [4.78, 5) is 14.2. The molecule has 2 N–H and O–H groups in total. The third-order valence-corrected chi connectivity index (χ3v) is 3.25. The minimum atomic E-state index is -0.889. The van der Waals surface area contributed by atoms with Crippen LogP contribution in [0.4, 0.5) is 5.69 Å². The standard InChI is InChI=1S/C16H16N2O5/c1-23-15-4-2-3-12(16(15)20)9-17-10-14(19)11-5-7-13(8-6-11)18(21)22/h2-9,14,19-20H,10H2,1H3/t14-/m0/s1. The van der Waals surface area contributed by atoms with Crippen molar-refractivity contribution in [1.82, 2.24) is 0 Å².